The van der Waals surface area contributed by atoms with Gasteiger partial charge < -0.3 is 0 Å². The van der Waals surface area contributed by atoms with Crippen LogP contribution in [0.1, 0.15) is 16.0 Å². The molecule has 0 aliphatic carbocycles. The molecular weight excluding hydrogens is 474 g/mol. The maximum Gasteiger partial charge on any atom is 0.126 e. The van der Waals surface area contributed by atoms with E-state index in [1.165, 1.54) is 15.2 Å². The highest BCUT2D eigenvalue weighted by atomic mass is 127. The van der Waals surface area contributed by atoms with E-state index in [1.807, 2.05) is 18.2 Å². The lowest BCUT2D eigenvalue weighted by Crippen LogP contribution is -2.00. The number of halogens is 4. The van der Waals surface area contributed by atoms with E-state index in [9.17, 15) is 4.39 Å². The molecule has 2 aromatic rings. The molecule has 0 amide bonds. The maximum atomic E-state index is 13.6. The van der Waals surface area contributed by atoms with E-state index in [0.717, 1.165) is 10.0 Å². The van der Waals surface area contributed by atoms with Crippen molar-refractivity contribution in [2.75, 3.05) is 0 Å². The molecule has 0 N–H and O–H groups in total. The quantitative estimate of drug-likeness (QED) is 0.378. The van der Waals surface area contributed by atoms with Crippen LogP contribution in [-0.2, 0) is 6.42 Å². The smallest absolute Gasteiger partial charge is 0.126 e. The molecule has 0 saturated carbocycles. The van der Waals surface area contributed by atoms with Crippen LogP contribution >= 0.6 is 54.5 Å². The second-order valence-corrected chi connectivity index (χ2v) is 7.11. The van der Waals surface area contributed by atoms with Crippen LogP contribution in [-0.4, -0.2) is 0 Å². The van der Waals surface area contributed by atoms with Crippen LogP contribution in [0, 0.1) is 9.39 Å². The van der Waals surface area contributed by atoms with Gasteiger partial charge in [0, 0.05) is 12.9 Å². The first-order valence-electron chi connectivity index (χ1n) is 5.40. The van der Waals surface area contributed by atoms with E-state index in [0.29, 0.717) is 6.42 Å². The Balaban J connectivity index is 2.25. The standard InChI is InChI=1S/C14H10Br2FI/c15-10-5-6-14(18)11(8-10)12(16)7-9-3-1-2-4-13(9)17/h1-6,8,12H,7H2. The van der Waals surface area contributed by atoms with Crippen molar-refractivity contribution in [1.82, 2.24) is 0 Å². The van der Waals surface area contributed by atoms with Gasteiger partial charge in [0.2, 0.25) is 0 Å². The Hall–Kier alpha value is 0.0600. The third-order valence-electron chi connectivity index (χ3n) is 2.65. The molecular formula is C14H10Br2FI. The second-order valence-electron chi connectivity index (χ2n) is 3.93. The topological polar surface area (TPSA) is 0 Å². The predicted molar refractivity (Wildman–Crippen MR) is 88.6 cm³/mol. The zero-order chi connectivity index (χ0) is 13.1. The van der Waals surface area contributed by atoms with Crippen molar-refractivity contribution in [3.63, 3.8) is 0 Å². The summed E-state index contributed by atoms with van der Waals surface area (Å²) in [7, 11) is 0. The van der Waals surface area contributed by atoms with Gasteiger partial charge in [-0.25, -0.2) is 4.39 Å². The van der Waals surface area contributed by atoms with Gasteiger partial charge in [-0.2, -0.15) is 0 Å². The van der Waals surface area contributed by atoms with Gasteiger partial charge in [0.25, 0.3) is 0 Å². The maximum absolute atomic E-state index is 13.6. The molecule has 0 heterocycles. The third-order valence-corrected chi connectivity index (χ3v) is 4.95. The summed E-state index contributed by atoms with van der Waals surface area (Å²) < 4.78 is 15.8. The van der Waals surface area contributed by atoms with Crippen LogP contribution in [0.15, 0.2) is 46.9 Å². The molecule has 0 fully saturated rings. The van der Waals surface area contributed by atoms with E-state index in [-0.39, 0.29) is 10.6 Å². The van der Waals surface area contributed by atoms with Crippen molar-refractivity contribution < 1.29 is 4.39 Å². The normalized spacial score (nSPS) is 12.4. The SMILES string of the molecule is Fc1ccccc1CC(Br)c1cc(Br)ccc1I. The van der Waals surface area contributed by atoms with Gasteiger partial charge in [0.05, 0.1) is 0 Å². The van der Waals surface area contributed by atoms with Gasteiger partial charge in [0.15, 0.2) is 0 Å². The van der Waals surface area contributed by atoms with Crippen LogP contribution in [0.5, 0.6) is 0 Å². The molecule has 0 bridgehead atoms. The number of hydrogen-bond acceptors (Lipinski definition) is 0. The highest BCUT2D eigenvalue weighted by Crippen LogP contribution is 2.32. The zero-order valence-corrected chi connectivity index (χ0v) is 14.7. The Morgan fingerprint density at radius 2 is 1.89 bits per heavy atom. The zero-order valence-electron chi connectivity index (χ0n) is 9.34. The van der Waals surface area contributed by atoms with Crippen LogP contribution in [0.3, 0.4) is 0 Å². The van der Waals surface area contributed by atoms with Gasteiger partial charge in [-0.15, -0.1) is 0 Å². The highest BCUT2D eigenvalue weighted by Gasteiger charge is 2.14. The number of rotatable bonds is 3. The lowest BCUT2D eigenvalue weighted by Gasteiger charge is -2.13. The summed E-state index contributed by atoms with van der Waals surface area (Å²) in [6, 6.07) is 13.0. The average Bonchev–Trinajstić information content (AvgIpc) is 2.35. The Kier molecular flexibility index (Phi) is 5.21. The average molecular weight is 484 g/mol. The van der Waals surface area contributed by atoms with Crippen LogP contribution < -0.4 is 0 Å². The molecule has 0 aromatic heterocycles. The van der Waals surface area contributed by atoms with E-state index < -0.39 is 0 Å². The molecule has 1 atom stereocenters. The first-order chi connectivity index (χ1) is 8.58. The minimum Gasteiger partial charge on any atom is -0.207 e. The van der Waals surface area contributed by atoms with E-state index in [4.69, 9.17) is 0 Å². The fourth-order valence-electron chi connectivity index (χ4n) is 1.72. The van der Waals surface area contributed by atoms with Crippen molar-refractivity contribution in [2.24, 2.45) is 0 Å². The Bertz CT molecular complexity index is 557. The van der Waals surface area contributed by atoms with E-state index >= 15 is 0 Å². The van der Waals surface area contributed by atoms with Crippen LogP contribution in [0.25, 0.3) is 0 Å². The molecule has 0 saturated heterocycles. The van der Waals surface area contributed by atoms with Gasteiger partial charge in [-0.3, -0.25) is 0 Å². The highest BCUT2D eigenvalue weighted by molar-refractivity contribution is 14.1. The van der Waals surface area contributed by atoms with Crippen molar-refractivity contribution in [2.45, 2.75) is 11.2 Å². The van der Waals surface area contributed by atoms with E-state index in [2.05, 4.69) is 66.6 Å². The van der Waals surface area contributed by atoms with Gasteiger partial charge >= 0.3 is 0 Å². The fraction of sp³-hybridized carbons (Fsp3) is 0.143. The molecule has 0 aliphatic heterocycles. The monoisotopic (exact) mass is 482 g/mol. The summed E-state index contributed by atoms with van der Waals surface area (Å²) in [6.07, 6.45) is 0.638. The minimum atomic E-state index is -0.146. The lowest BCUT2D eigenvalue weighted by molar-refractivity contribution is 0.608. The second kappa shape index (κ2) is 6.48. The predicted octanol–water partition coefficient (Wildman–Crippen LogP) is 5.87. The first-order valence-corrected chi connectivity index (χ1v) is 8.19. The molecule has 2 aromatic carbocycles. The van der Waals surface area contributed by atoms with Crippen LogP contribution in [0.2, 0.25) is 0 Å². The molecule has 4 heteroatoms. The van der Waals surface area contributed by atoms with Gasteiger partial charge in [0.1, 0.15) is 5.82 Å². The van der Waals surface area contributed by atoms with Crippen molar-refractivity contribution >= 4 is 54.5 Å². The fourth-order valence-corrected chi connectivity index (χ4v) is 3.97. The number of alkyl halides is 1. The van der Waals surface area contributed by atoms with Crippen molar-refractivity contribution in [1.29, 1.82) is 0 Å². The molecule has 18 heavy (non-hydrogen) atoms. The Labute approximate surface area is 136 Å². The molecule has 1 unspecified atom stereocenters. The summed E-state index contributed by atoms with van der Waals surface area (Å²) in [6.45, 7) is 0. The van der Waals surface area contributed by atoms with Gasteiger partial charge in [-0.05, 0) is 64.4 Å². The Morgan fingerprint density at radius 1 is 1.17 bits per heavy atom. The molecule has 2 rings (SSSR count). The minimum absolute atomic E-state index is 0.110. The summed E-state index contributed by atoms with van der Waals surface area (Å²) in [4.78, 5) is 0.110. The third kappa shape index (κ3) is 3.54. The largest absolute Gasteiger partial charge is 0.207 e. The van der Waals surface area contributed by atoms with Gasteiger partial charge in [-0.1, -0.05) is 50.1 Å². The first kappa shape index (κ1) is 14.5. The number of benzene rings is 2. The molecule has 0 radical (unpaired) electrons. The Morgan fingerprint density at radius 3 is 2.61 bits per heavy atom. The summed E-state index contributed by atoms with van der Waals surface area (Å²) in [5.74, 6) is -0.146. The molecule has 0 spiro atoms. The molecule has 0 nitrogen and oxygen atoms in total. The summed E-state index contributed by atoms with van der Waals surface area (Å²) >= 11 is 9.41. The summed E-state index contributed by atoms with van der Waals surface area (Å²) in [5, 5.41) is 0. The number of hydrogen-bond donors (Lipinski definition) is 0. The summed E-state index contributed by atoms with van der Waals surface area (Å²) in [5.41, 5.74) is 1.91. The molecule has 0 aliphatic rings. The van der Waals surface area contributed by atoms with Crippen LogP contribution in [0.4, 0.5) is 4.39 Å². The van der Waals surface area contributed by atoms with Crippen molar-refractivity contribution in [3.05, 3.63) is 67.5 Å². The lowest BCUT2D eigenvalue weighted by atomic mass is 10.0. The molecule has 94 valence electrons. The van der Waals surface area contributed by atoms with Crippen molar-refractivity contribution in [3.8, 4) is 0 Å². The van der Waals surface area contributed by atoms with E-state index in [1.54, 1.807) is 6.07 Å².